The fourth-order valence-electron chi connectivity index (χ4n) is 10.9. The lowest BCUT2D eigenvalue weighted by Crippen LogP contribution is -2.57. The van der Waals surface area contributed by atoms with Crippen LogP contribution in [0, 0.1) is 5.82 Å². The van der Waals surface area contributed by atoms with Crippen LogP contribution >= 0.6 is 0 Å². The van der Waals surface area contributed by atoms with Gasteiger partial charge in [-0.25, -0.2) is 8.78 Å². The maximum Gasteiger partial charge on any atom is 0.319 e. The van der Waals surface area contributed by atoms with Crippen molar-refractivity contribution in [1.82, 2.24) is 40.1 Å². The Morgan fingerprint density at radius 1 is 0.984 bits per heavy atom. The number of anilines is 2. The standard InChI is InChI=1S/C48H60F2N10O4/c1-4-32-8-5-9-33-21-36(61)22-38(42(32)33)44-43(49)45-39(25-51-44)46(59-27-34-10-11-35(28-59)52-34)54-47(53-45)63-20-19-56-15-12-48(50,13-16-56)29-58-18-17-57(26-31(58)3)40-23-37(64-55-40)24-41(62)60-14-6-7-30(60)2/h5,8-9,21-23,25,30-31,34-35,52,61H,4,6-7,10-20,24,26-29H2,1-3H3. The molecule has 2 bridgehead atoms. The molecule has 5 aliphatic heterocycles. The molecule has 8 heterocycles. The third kappa shape index (κ3) is 8.56. The van der Waals surface area contributed by atoms with Gasteiger partial charge in [0, 0.05) is 107 Å². The normalized spacial score (nSPS) is 24.0. The van der Waals surface area contributed by atoms with Gasteiger partial charge in [-0.2, -0.15) is 9.97 Å². The Hall–Kier alpha value is -5.19. The van der Waals surface area contributed by atoms with Crippen molar-refractivity contribution in [3.63, 3.8) is 0 Å². The molecule has 1 amide bonds. The number of piperidine rings is 1. The van der Waals surface area contributed by atoms with Crippen molar-refractivity contribution in [3.05, 3.63) is 59.7 Å². The SMILES string of the molecule is CCc1cccc2cc(O)cc(-c3ncc4c(N5CC6CCC(C5)N6)nc(OCCN5CCC(F)(CN6CCN(c7cc(CC(=O)N8CCCC8C)on7)CC6C)CC5)nc4c3F)c12. The van der Waals surface area contributed by atoms with E-state index in [1.165, 1.54) is 0 Å². The van der Waals surface area contributed by atoms with Crippen LogP contribution in [-0.4, -0.2) is 148 Å². The number of nitrogens with zero attached hydrogens (tertiary/aromatic N) is 9. The Bertz CT molecular complexity index is 2500. The zero-order valence-electron chi connectivity index (χ0n) is 37.2. The lowest BCUT2D eigenvalue weighted by atomic mass is 9.91. The molecule has 5 saturated heterocycles. The minimum atomic E-state index is -1.30. The molecule has 340 valence electrons. The number of benzene rings is 2. The van der Waals surface area contributed by atoms with Crippen LogP contribution in [0.1, 0.15) is 70.6 Å². The molecule has 0 aliphatic carbocycles. The number of aryl methyl sites for hydroxylation is 1. The first kappa shape index (κ1) is 42.7. The number of rotatable bonds is 12. The molecular formula is C48H60F2N10O4. The summed E-state index contributed by atoms with van der Waals surface area (Å²) in [5.41, 5.74) is 0.484. The maximum atomic E-state index is 17.0. The fraction of sp³-hybridized carbons (Fsp3) is 0.562. The molecular weight excluding hydrogens is 819 g/mol. The number of hydrogen-bond donors (Lipinski definition) is 2. The highest BCUT2D eigenvalue weighted by Gasteiger charge is 2.39. The number of alkyl halides is 1. The summed E-state index contributed by atoms with van der Waals surface area (Å²) in [5, 5.41) is 20.9. The molecule has 16 heteroatoms. The number of pyridine rings is 1. The Morgan fingerprint density at radius 3 is 2.55 bits per heavy atom. The molecule has 5 fully saturated rings. The summed E-state index contributed by atoms with van der Waals surface area (Å²) in [4.78, 5) is 37.9. The van der Waals surface area contributed by atoms with Crippen molar-refractivity contribution >= 4 is 39.2 Å². The van der Waals surface area contributed by atoms with Gasteiger partial charge < -0.3 is 34.4 Å². The van der Waals surface area contributed by atoms with Crippen LogP contribution in [0.2, 0.25) is 0 Å². The molecule has 0 spiro atoms. The largest absolute Gasteiger partial charge is 0.508 e. The van der Waals surface area contributed by atoms with Gasteiger partial charge in [-0.1, -0.05) is 30.3 Å². The molecule has 10 rings (SSSR count). The number of phenols is 1. The number of halogens is 2. The smallest absolute Gasteiger partial charge is 0.319 e. The van der Waals surface area contributed by atoms with Crippen molar-refractivity contribution in [2.24, 2.45) is 0 Å². The van der Waals surface area contributed by atoms with Crippen LogP contribution in [0.4, 0.5) is 20.4 Å². The third-order valence-electron chi connectivity index (χ3n) is 14.6. The zero-order valence-corrected chi connectivity index (χ0v) is 37.2. The number of amides is 1. The van der Waals surface area contributed by atoms with Gasteiger partial charge in [0.05, 0.1) is 11.8 Å². The summed E-state index contributed by atoms with van der Waals surface area (Å²) in [7, 11) is 0. The van der Waals surface area contributed by atoms with Crippen molar-refractivity contribution in [1.29, 1.82) is 0 Å². The maximum absolute atomic E-state index is 17.0. The van der Waals surface area contributed by atoms with E-state index in [0.717, 1.165) is 73.9 Å². The quantitative estimate of drug-likeness (QED) is 0.149. The highest BCUT2D eigenvalue weighted by molar-refractivity contribution is 6.01. The topological polar surface area (TPSA) is 139 Å². The van der Waals surface area contributed by atoms with Gasteiger partial charge in [-0.05, 0) is 87.3 Å². The van der Waals surface area contributed by atoms with Crippen molar-refractivity contribution in [2.45, 2.75) is 102 Å². The molecule has 0 radical (unpaired) electrons. The van der Waals surface area contributed by atoms with E-state index in [9.17, 15) is 9.90 Å². The van der Waals surface area contributed by atoms with E-state index in [-0.39, 0.29) is 54.0 Å². The molecule has 2 N–H and O–H groups in total. The second-order valence-electron chi connectivity index (χ2n) is 18.9. The molecule has 64 heavy (non-hydrogen) atoms. The lowest BCUT2D eigenvalue weighted by Gasteiger charge is -2.44. The van der Waals surface area contributed by atoms with Crippen LogP contribution < -0.4 is 19.9 Å². The molecule has 4 unspecified atom stereocenters. The zero-order chi connectivity index (χ0) is 44.1. The summed E-state index contributed by atoms with van der Waals surface area (Å²) in [6.45, 7) is 13.1. The summed E-state index contributed by atoms with van der Waals surface area (Å²) in [5.74, 6) is 1.44. The number of nitrogens with one attached hydrogen (secondary N) is 1. The summed E-state index contributed by atoms with van der Waals surface area (Å²) in [6, 6.07) is 12.2. The summed E-state index contributed by atoms with van der Waals surface area (Å²) in [6.07, 6.45) is 7.68. The third-order valence-corrected chi connectivity index (χ3v) is 14.6. The molecule has 5 aliphatic rings. The number of likely N-dealkylation sites (tertiary alicyclic amines) is 2. The number of carbonyl (C=O) groups excluding carboxylic acids is 1. The van der Waals surface area contributed by atoms with Crippen LogP contribution in [0.25, 0.3) is 32.9 Å². The Labute approximate surface area is 372 Å². The Morgan fingerprint density at radius 2 is 1.80 bits per heavy atom. The lowest BCUT2D eigenvalue weighted by molar-refractivity contribution is -0.131. The van der Waals surface area contributed by atoms with Crippen LogP contribution in [0.5, 0.6) is 11.8 Å². The molecule has 0 saturated carbocycles. The first-order chi connectivity index (χ1) is 31.0. The van der Waals surface area contributed by atoms with Gasteiger partial charge in [0.25, 0.3) is 0 Å². The Kier molecular flexibility index (Phi) is 11.8. The van der Waals surface area contributed by atoms with Gasteiger partial charge in [-0.3, -0.25) is 19.6 Å². The highest BCUT2D eigenvalue weighted by Crippen LogP contribution is 2.39. The fourth-order valence-corrected chi connectivity index (χ4v) is 10.9. The molecule has 14 nitrogen and oxygen atoms in total. The molecule has 3 aromatic heterocycles. The van der Waals surface area contributed by atoms with Crippen LogP contribution in [0.15, 0.2) is 47.1 Å². The number of carbonyl (C=O) groups is 1. The number of phenolic OH excluding ortho intramolecular Hbond substituents is 1. The van der Waals surface area contributed by atoms with E-state index in [1.807, 2.05) is 29.2 Å². The minimum Gasteiger partial charge on any atom is -0.508 e. The van der Waals surface area contributed by atoms with Crippen LogP contribution in [0.3, 0.4) is 0 Å². The van der Waals surface area contributed by atoms with Crippen molar-refractivity contribution in [3.8, 4) is 23.0 Å². The predicted molar refractivity (Wildman–Crippen MR) is 242 cm³/mol. The number of piperazine rings is 2. The summed E-state index contributed by atoms with van der Waals surface area (Å²) < 4.78 is 45.4. The van der Waals surface area contributed by atoms with Crippen molar-refractivity contribution in [2.75, 3.05) is 81.9 Å². The number of aromatic hydroxyl groups is 1. The van der Waals surface area contributed by atoms with Gasteiger partial charge >= 0.3 is 6.01 Å². The second kappa shape index (κ2) is 17.7. The number of ether oxygens (including phenoxy) is 1. The number of aromatic nitrogens is 4. The average molecular weight is 879 g/mol. The van der Waals surface area contributed by atoms with E-state index in [4.69, 9.17) is 14.2 Å². The summed E-state index contributed by atoms with van der Waals surface area (Å²) >= 11 is 0. The van der Waals surface area contributed by atoms with Gasteiger partial charge in [0.1, 0.15) is 40.8 Å². The monoisotopic (exact) mass is 878 g/mol. The van der Waals surface area contributed by atoms with Gasteiger partial charge in [0.15, 0.2) is 11.6 Å². The van der Waals surface area contributed by atoms with Gasteiger partial charge in [0.2, 0.25) is 5.91 Å². The molecule has 2 aromatic carbocycles. The average Bonchev–Trinajstić information content (AvgIpc) is 4.03. The Balaban J connectivity index is 0.782. The predicted octanol–water partition coefficient (Wildman–Crippen LogP) is 6.13. The number of hydrogen-bond acceptors (Lipinski definition) is 13. The highest BCUT2D eigenvalue weighted by atomic mass is 19.1. The van der Waals surface area contributed by atoms with E-state index in [2.05, 4.69) is 60.8 Å². The second-order valence-corrected chi connectivity index (χ2v) is 18.9. The first-order valence-corrected chi connectivity index (χ1v) is 23.4. The minimum absolute atomic E-state index is 0.0349. The van der Waals surface area contributed by atoms with E-state index >= 15 is 8.78 Å². The van der Waals surface area contributed by atoms with Gasteiger partial charge in [-0.15, -0.1) is 0 Å². The van der Waals surface area contributed by atoms with E-state index < -0.39 is 11.5 Å². The molecule has 5 aromatic rings. The van der Waals surface area contributed by atoms with E-state index in [0.29, 0.717) is 93.3 Å². The first-order valence-electron chi connectivity index (χ1n) is 23.4. The van der Waals surface area contributed by atoms with E-state index in [1.54, 1.807) is 18.3 Å². The molecule has 4 atom stereocenters. The van der Waals surface area contributed by atoms with Crippen molar-refractivity contribution < 1.29 is 27.9 Å². The van der Waals surface area contributed by atoms with Crippen LogP contribution in [-0.2, 0) is 17.6 Å². The number of fused-ring (bicyclic) bond motifs is 4.